The van der Waals surface area contributed by atoms with Gasteiger partial charge in [-0.05, 0) is 65.3 Å². The van der Waals surface area contributed by atoms with Crippen molar-refractivity contribution in [2.45, 2.75) is 40.2 Å². The Hall–Kier alpha value is -3.49. The molecule has 0 aliphatic carbocycles. The van der Waals surface area contributed by atoms with Crippen LogP contribution in [0, 0.1) is 23.2 Å². The molecule has 5 rings (SSSR count). The van der Waals surface area contributed by atoms with E-state index in [-0.39, 0.29) is 0 Å². The van der Waals surface area contributed by atoms with Crippen molar-refractivity contribution < 1.29 is 4.52 Å². The molecule has 4 aromatic rings. The topological polar surface area (TPSA) is 66.0 Å². The van der Waals surface area contributed by atoms with Gasteiger partial charge in [0.1, 0.15) is 0 Å². The highest BCUT2D eigenvalue weighted by Gasteiger charge is 2.20. The molecule has 1 aliphatic rings. The van der Waals surface area contributed by atoms with Crippen LogP contribution in [0.3, 0.4) is 0 Å². The SMILES string of the molecule is CC(C)Cc1ccc(-c2nc(-c3ccc(CN4CCC(C)C4)c4ccccc34)no2)cc1C#N. The number of fused-ring (bicyclic) bond motifs is 1. The van der Waals surface area contributed by atoms with Crippen LogP contribution in [-0.2, 0) is 13.0 Å². The van der Waals surface area contributed by atoms with E-state index in [2.05, 4.69) is 73.3 Å². The third-order valence-electron chi connectivity index (χ3n) is 6.69. The van der Waals surface area contributed by atoms with Crippen molar-refractivity contribution in [2.24, 2.45) is 11.8 Å². The number of benzene rings is 3. The highest BCUT2D eigenvalue weighted by Crippen LogP contribution is 2.32. The van der Waals surface area contributed by atoms with Crippen LogP contribution >= 0.6 is 0 Å². The Morgan fingerprint density at radius 2 is 1.88 bits per heavy atom. The number of likely N-dealkylation sites (tertiary alicyclic amines) is 1. The lowest BCUT2D eigenvalue weighted by atomic mass is 9.97. The van der Waals surface area contributed by atoms with Crippen molar-refractivity contribution in [3.63, 3.8) is 0 Å². The first-order chi connectivity index (χ1) is 16.5. The van der Waals surface area contributed by atoms with E-state index < -0.39 is 0 Å². The highest BCUT2D eigenvalue weighted by molar-refractivity contribution is 5.97. The van der Waals surface area contributed by atoms with Crippen LogP contribution in [0.25, 0.3) is 33.6 Å². The molecule has 1 aliphatic heterocycles. The molecule has 1 atom stereocenters. The van der Waals surface area contributed by atoms with Crippen LogP contribution < -0.4 is 0 Å². The number of nitrogens with zero attached hydrogens (tertiary/aromatic N) is 4. The Morgan fingerprint density at radius 1 is 1.09 bits per heavy atom. The molecule has 1 fully saturated rings. The first kappa shape index (κ1) is 22.3. The summed E-state index contributed by atoms with van der Waals surface area (Å²) < 4.78 is 5.65. The molecule has 0 saturated carbocycles. The van der Waals surface area contributed by atoms with Gasteiger partial charge in [0.05, 0.1) is 11.6 Å². The van der Waals surface area contributed by atoms with Gasteiger partial charge in [-0.25, -0.2) is 0 Å². The van der Waals surface area contributed by atoms with E-state index in [1.54, 1.807) is 0 Å². The Kier molecular flexibility index (Phi) is 6.17. The third kappa shape index (κ3) is 4.47. The van der Waals surface area contributed by atoms with Gasteiger partial charge in [0, 0.05) is 24.2 Å². The van der Waals surface area contributed by atoms with Crippen LogP contribution in [-0.4, -0.2) is 28.1 Å². The molecule has 0 N–H and O–H groups in total. The van der Waals surface area contributed by atoms with Gasteiger partial charge in [-0.3, -0.25) is 4.90 Å². The van der Waals surface area contributed by atoms with E-state index in [0.717, 1.165) is 54.0 Å². The first-order valence-corrected chi connectivity index (χ1v) is 12.1. The quantitative estimate of drug-likeness (QED) is 0.337. The molecule has 0 spiro atoms. The molecule has 3 aromatic carbocycles. The summed E-state index contributed by atoms with van der Waals surface area (Å²) in [6.07, 6.45) is 2.14. The molecular formula is C29H30N4O. The Labute approximate surface area is 201 Å². The summed E-state index contributed by atoms with van der Waals surface area (Å²) in [7, 11) is 0. The summed E-state index contributed by atoms with van der Waals surface area (Å²) in [5, 5.41) is 16.3. The monoisotopic (exact) mass is 450 g/mol. The van der Waals surface area contributed by atoms with Crippen molar-refractivity contribution in [1.82, 2.24) is 15.0 Å². The molecule has 172 valence electrons. The highest BCUT2D eigenvalue weighted by atomic mass is 16.5. The second-order valence-electron chi connectivity index (χ2n) is 9.95. The lowest BCUT2D eigenvalue weighted by Gasteiger charge is -2.17. The van der Waals surface area contributed by atoms with Gasteiger partial charge in [0.2, 0.25) is 5.82 Å². The lowest BCUT2D eigenvalue weighted by Crippen LogP contribution is -2.19. The van der Waals surface area contributed by atoms with Gasteiger partial charge in [0.25, 0.3) is 5.89 Å². The maximum Gasteiger partial charge on any atom is 0.258 e. The standard InChI is InChI=1S/C29H30N4O/c1-19(2)14-21-8-9-22(15-24(21)16-30)29-31-28(32-34-29)27-11-10-23(18-33-13-12-20(3)17-33)25-6-4-5-7-26(25)27/h4-11,15,19-20H,12-14,17-18H2,1-3H3. The van der Waals surface area contributed by atoms with E-state index in [4.69, 9.17) is 9.51 Å². The molecule has 1 saturated heterocycles. The van der Waals surface area contributed by atoms with Gasteiger partial charge in [-0.1, -0.05) is 68.4 Å². The predicted molar refractivity (Wildman–Crippen MR) is 135 cm³/mol. The molecule has 0 radical (unpaired) electrons. The van der Waals surface area contributed by atoms with E-state index in [1.165, 1.54) is 17.4 Å². The van der Waals surface area contributed by atoms with Gasteiger partial charge < -0.3 is 4.52 Å². The zero-order valence-electron chi connectivity index (χ0n) is 20.1. The van der Waals surface area contributed by atoms with Crippen molar-refractivity contribution in [3.05, 3.63) is 71.3 Å². The van der Waals surface area contributed by atoms with Gasteiger partial charge >= 0.3 is 0 Å². The molecular weight excluding hydrogens is 420 g/mol. The second kappa shape index (κ2) is 9.40. The van der Waals surface area contributed by atoms with E-state index in [9.17, 15) is 5.26 Å². The van der Waals surface area contributed by atoms with Crippen LogP contribution in [0.15, 0.2) is 59.1 Å². The van der Waals surface area contributed by atoms with Crippen molar-refractivity contribution in [1.29, 1.82) is 5.26 Å². The maximum absolute atomic E-state index is 9.63. The summed E-state index contributed by atoms with van der Waals surface area (Å²) in [6.45, 7) is 9.91. The van der Waals surface area contributed by atoms with Crippen LogP contribution in [0.5, 0.6) is 0 Å². The van der Waals surface area contributed by atoms with Crippen LogP contribution in [0.4, 0.5) is 0 Å². The fraction of sp³-hybridized carbons (Fsp3) is 0.345. The number of nitriles is 1. The molecule has 0 bridgehead atoms. The molecule has 1 unspecified atom stereocenters. The minimum absolute atomic E-state index is 0.432. The van der Waals surface area contributed by atoms with E-state index >= 15 is 0 Å². The predicted octanol–water partition coefficient (Wildman–Crippen LogP) is 6.47. The van der Waals surface area contributed by atoms with Gasteiger partial charge in [-0.15, -0.1) is 0 Å². The minimum Gasteiger partial charge on any atom is -0.334 e. The molecule has 5 nitrogen and oxygen atoms in total. The van der Waals surface area contributed by atoms with Crippen LogP contribution in [0.1, 0.15) is 43.9 Å². The lowest BCUT2D eigenvalue weighted by molar-refractivity contribution is 0.321. The Balaban J connectivity index is 1.47. The summed E-state index contributed by atoms with van der Waals surface area (Å²) in [4.78, 5) is 7.25. The fourth-order valence-corrected chi connectivity index (χ4v) is 4.99. The van der Waals surface area contributed by atoms with Crippen LogP contribution in [0.2, 0.25) is 0 Å². The Morgan fingerprint density at radius 3 is 2.62 bits per heavy atom. The molecule has 0 amide bonds. The van der Waals surface area contributed by atoms with Crippen molar-refractivity contribution in [2.75, 3.05) is 13.1 Å². The summed E-state index contributed by atoms with van der Waals surface area (Å²) >= 11 is 0. The first-order valence-electron chi connectivity index (χ1n) is 12.1. The molecule has 34 heavy (non-hydrogen) atoms. The van der Waals surface area contributed by atoms with E-state index in [1.807, 2.05) is 18.2 Å². The smallest absolute Gasteiger partial charge is 0.258 e. The zero-order chi connectivity index (χ0) is 23.7. The molecule has 5 heteroatoms. The second-order valence-corrected chi connectivity index (χ2v) is 9.95. The average molecular weight is 451 g/mol. The minimum atomic E-state index is 0.432. The van der Waals surface area contributed by atoms with Gasteiger partial charge in [-0.2, -0.15) is 10.2 Å². The summed E-state index contributed by atoms with van der Waals surface area (Å²) in [6, 6.07) is 20.9. The number of aromatic nitrogens is 2. The average Bonchev–Trinajstić information content (AvgIpc) is 3.48. The van der Waals surface area contributed by atoms with E-state index in [0.29, 0.717) is 23.2 Å². The molecule has 2 heterocycles. The number of hydrogen-bond donors (Lipinski definition) is 0. The van der Waals surface area contributed by atoms with Crippen molar-refractivity contribution >= 4 is 10.8 Å². The normalized spacial score (nSPS) is 16.4. The number of rotatable bonds is 6. The summed E-state index contributed by atoms with van der Waals surface area (Å²) in [5.74, 6) is 2.25. The fourth-order valence-electron chi connectivity index (χ4n) is 4.99. The molecule has 1 aromatic heterocycles. The third-order valence-corrected chi connectivity index (χ3v) is 6.69. The largest absolute Gasteiger partial charge is 0.334 e. The Bertz CT molecular complexity index is 1360. The zero-order valence-corrected chi connectivity index (χ0v) is 20.1. The van der Waals surface area contributed by atoms with Crippen molar-refractivity contribution in [3.8, 4) is 28.9 Å². The number of hydrogen-bond acceptors (Lipinski definition) is 5. The van der Waals surface area contributed by atoms with Gasteiger partial charge in [0.15, 0.2) is 0 Å². The maximum atomic E-state index is 9.63. The summed E-state index contributed by atoms with van der Waals surface area (Å²) in [5.41, 5.74) is 4.77.